The molecule has 0 aliphatic heterocycles. The second-order valence-electron chi connectivity index (χ2n) is 3.59. The van der Waals surface area contributed by atoms with E-state index < -0.39 is 0 Å². The molecule has 0 fully saturated rings. The fourth-order valence-corrected chi connectivity index (χ4v) is 1.70. The third kappa shape index (κ3) is 3.89. The molecule has 94 valence electrons. The predicted molar refractivity (Wildman–Crippen MR) is 70.7 cm³/mol. The first-order valence-corrected chi connectivity index (χ1v) is 6.22. The molecular weight excluding hydrogens is 298 g/mol. The van der Waals surface area contributed by atoms with Crippen LogP contribution in [0.25, 0.3) is 6.08 Å². The SMILES string of the molecule is O=C(C=Cc1ccc(Br)o1)NCCc1cnc[nH]1. The van der Waals surface area contributed by atoms with Gasteiger partial charge in [-0.2, -0.15) is 0 Å². The van der Waals surface area contributed by atoms with E-state index >= 15 is 0 Å². The van der Waals surface area contributed by atoms with Crippen LogP contribution in [0.2, 0.25) is 0 Å². The molecule has 2 aromatic heterocycles. The first-order chi connectivity index (χ1) is 8.74. The molecular formula is C12H12BrN3O2. The highest BCUT2D eigenvalue weighted by Gasteiger charge is 1.98. The van der Waals surface area contributed by atoms with Gasteiger partial charge in [0.2, 0.25) is 5.91 Å². The topological polar surface area (TPSA) is 70.9 Å². The van der Waals surface area contributed by atoms with Crippen molar-refractivity contribution in [3.63, 3.8) is 0 Å². The molecule has 2 rings (SSSR count). The molecule has 0 aliphatic carbocycles. The number of carbonyl (C=O) groups is 1. The quantitative estimate of drug-likeness (QED) is 0.831. The van der Waals surface area contributed by atoms with Gasteiger partial charge in [0.1, 0.15) is 5.76 Å². The number of hydrogen-bond donors (Lipinski definition) is 2. The summed E-state index contributed by atoms with van der Waals surface area (Å²) in [5.41, 5.74) is 0.995. The molecule has 1 amide bonds. The molecule has 2 aromatic rings. The molecule has 0 spiro atoms. The Morgan fingerprint density at radius 2 is 2.44 bits per heavy atom. The Balaban J connectivity index is 1.73. The fourth-order valence-electron chi connectivity index (χ4n) is 1.38. The highest BCUT2D eigenvalue weighted by atomic mass is 79.9. The summed E-state index contributed by atoms with van der Waals surface area (Å²) >= 11 is 3.19. The lowest BCUT2D eigenvalue weighted by Crippen LogP contribution is -2.23. The summed E-state index contributed by atoms with van der Waals surface area (Å²) in [5, 5.41) is 2.77. The number of nitrogens with one attached hydrogen (secondary N) is 2. The average Bonchev–Trinajstić information content (AvgIpc) is 2.98. The van der Waals surface area contributed by atoms with Crippen molar-refractivity contribution in [2.24, 2.45) is 0 Å². The van der Waals surface area contributed by atoms with Crippen molar-refractivity contribution in [1.29, 1.82) is 0 Å². The molecule has 0 radical (unpaired) electrons. The number of amides is 1. The molecule has 0 bridgehead atoms. The minimum absolute atomic E-state index is 0.151. The lowest BCUT2D eigenvalue weighted by molar-refractivity contribution is -0.116. The lowest BCUT2D eigenvalue weighted by atomic mass is 10.3. The summed E-state index contributed by atoms with van der Waals surface area (Å²) in [6, 6.07) is 3.55. The van der Waals surface area contributed by atoms with Gasteiger partial charge in [0.05, 0.1) is 6.33 Å². The molecule has 0 aliphatic rings. The Hall–Kier alpha value is -1.82. The fraction of sp³-hybridized carbons (Fsp3) is 0.167. The number of H-pyrrole nitrogens is 1. The number of aromatic nitrogens is 2. The maximum Gasteiger partial charge on any atom is 0.244 e. The summed E-state index contributed by atoms with van der Waals surface area (Å²) in [6.45, 7) is 0.563. The van der Waals surface area contributed by atoms with Gasteiger partial charge < -0.3 is 14.7 Å². The van der Waals surface area contributed by atoms with E-state index in [1.54, 1.807) is 30.7 Å². The third-order valence-electron chi connectivity index (χ3n) is 2.24. The van der Waals surface area contributed by atoms with Crippen molar-refractivity contribution in [2.45, 2.75) is 6.42 Å². The monoisotopic (exact) mass is 309 g/mol. The standard InChI is InChI=1S/C12H12BrN3O2/c13-11-3-1-10(18-11)2-4-12(17)15-6-5-9-7-14-8-16-9/h1-4,7-8H,5-6H2,(H,14,16)(H,15,17). The van der Waals surface area contributed by atoms with Crippen LogP contribution in [0.15, 0.2) is 39.8 Å². The van der Waals surface area contributed by atoms with Gasteiger partial charge in [-0.25, -0.2) is 4.98 Å². The Kier molecular flexibility index (Phi) is 4.35. The van der Waals surface area contributed by atoms with E-state index in [9.17, 15) is 4.79 Å². The smallest absolute Gasteiger partial charge is 0.244 e. The van der Waals surface area contributed by atoms with Crippen LogP contribution in [0.5, 0.6) is 0 Å². The van der Waals surface area contributed by atoms with E-state index in [4.69, 9.17) is 4.42 Å². The van der Waals surface area contributed by atoms with Gasteiger partial charge in [0, 0.05) is 30.9 Å². The lowest BCUT2D eigenvalue weighted by Gasteiger charge is -1.99. The summed E-state index contributed by atoms with van der Waals surface area (Å²) in [4.78, 5) is 18.3. The molecule has 2 N–H and O–H groups in total. The van der Waals surface area contributed by atoms with Gasteiger partial charge in [-0.15, -0.1) is 0 Å². The number of halogens is 1. The van der Waals surface area contributed by atoms with Crippen molar-refractivity contribution in [3.05, 3.63) is 46.9 Å². The second-order valence-corrected chi connectivity index (χ2v) is 4.37. The molecule has 0 saturated heterocycles. The molecule has 0 saturated carbocycles. The zero-order valence-electron chi connectivity index (χ0n) is 9.52. The van der Waals surface area contributed by atoms with Crippen LogP contribution < -0.4 is 5.32 Å². The molecule has 0 unspecified atom stereocenters. The minimum atomic E-state index is -0.151. The zero-order valence-corrected chi connectivity index (χ0v) is 11.1. The first-order valence-electron chi connectivity index (χ1n) is 5.42. The Labute approximate surface area is 112 Å². The number of nitrogens with zero attached hydrogens (tertiary/aromatic N) is 1. The van der Waals surface area contributed by atoms with Crippen LogP contribution in [0, 0.1) is 0 Å². The van der Waals surface area contributed by atoms with Gasteiger partial charge in [-0.1, -0.05) is 0 Å². The van der Waals surface area contributed by atoms with Crippen LogP contribution in [0.4, 0.5) is 0 Å². The predicted octanol–water partition coefficient (Wildman–Crippen LogP) is 2.14. The summed E-state index contributed by atoms with van der Waals surface area (Å²) in [6.07, 6.45) is 7.15. The first kappa shape index (κ1) is 12.6. The molecule has 5 nitrogen and oxygen atoms in total. The number of imidazole rings is 1. The molecule has 2 heterocycles. The number of furan rings is 1. The Bertz CT molecular complexity index is 531. The summed E-state index contributed by atoms with van der Waals surface area (Å²) in [7, 11) is 0. The maximum atomic E-state index is 11.5. The van der Waals surface area contributed by atoms with Gasteiger partial charge in [-0.05, 0) is 34.1 Å². The van der Waals surface area contributed by atoms with E-state index in [1.807, 2.05) is 0 Å². The van der Waals surface area contributed by atoms with Crippen LogP contribution in [-0.4, -0.2) is 22.4 Å². The van der Waals surface area contributed by atoms with E-state index in [-0.39, 0.29) is 5.91 Å². The second kappa shape index (κ2) is 6.20. The average molecular weight is 310 g/mol. The zero-order chi connectivity index (χ0) is 12.8. The number of carbonyl (C=O) groups excluding carboxylic acids is 1. The number of hydrogen-bond acceptors (Lipinski definition) is 3. The molecule has 6 heteroatoms. The van der Waals surface area contributed by atoms with Crippen LogP contribution >= 0.6 is 15.9 Å². The van der Waals surface area contributed by atoms with E-state index in [0.717, 1.165) is 12.1 Å². The van der Waals surface area contributed by atoms with Crippen LogP contribution in [0.3, 0.4) is 0 Å². The molecule has 0 aromatic carbocycles. The van der Waals surface area contributed by atoms with E-state index in [2.05, 4.69) is 31.2 Å². The number of rotatable bonds is 5. The van der Waals surface area contributed by atoms with E-state index in [1.165, 1.54) is 6.08 Å². The summed E-state index contributed by atoms with van der Waals surface area (Å²) in [5.74, 6) is 0.479. The van der Waals surface area contributed by atoms with Crippen molar-refractivity contribution in [2.75, 3.05) is 6.54 Å². The van der Waals surface area contributed by atoms with Gasteiger partial charge >= 0.3 is 0 Å². The third-order valence-corrected chi connectivity index (χ3v) is 2.67. The maximum absolute atomic E-state index is 11.5. The molecule has 0 atom stereocenters. The van der Waals surface area contributed by atoms with Crippen molar-refractivity contribution >= 4 is 27.9 Å². The minimum Gasteiger partial charge on any atom is -0.450 e. The Morgan fingerprint density at radius 1 is 1.56 bits per heavy atom. The van der Waals surface area contributed by atoms with Gasteiger partial charge in [-0.3, -0.25) is 4.79 Å². The Morgan fingerprint density at radius 3 is 3.11 bits per heavy atom. The highest BCUT2D eigenvalue weighted by molar-refractivity contribution is 9.10. The van der Waals surface area contributed by atoms with Gasteiger partial charge in [0.25, 0.3) is 0 Å². The number of aromatic amines is 1. The highest BCUT2D eigenvalue weighted by Crippen LogP contribution is 2.14. The molecule has 18 heavy (non-hydrogen) atoms. The van der Waals surface area contributed by atoms with Crippen LogP contribution in [0.1, 0.15) is 11.5 Å². The van der Waals surface area contributed by atoms with Gasteiger partial charge in [0.15, 0.2) is 4.67 Å². The largest absolute Gasteiger partial charge is 0.450 e. The van der Waals surface area contributed by atoms with E-state index in [0.29, 0.717) is 17.0 Å². The van der Waals surface area contributed by atoms with Crippen LogP contribution in [-0.2, 0) is 11.2 Å². The van der Waals surface area contributed by atoms with Crippen molar-refractivity contribution < 1.29 is 9.21 Å². The van der Waals surface area contributed by atoms with Crippen molar-refractivity contribution in [3.8, 4) is 0 Å². The summed E-state index contributed by atoms with van der Waals surface area (Å²) < 4.78 is 5.87. The normalized spacial score (nSPS) is 10.9. The van der Waals surface area contributed by atoms with Crippen molar-refractivity contribution in [1.82, 2.24) is 15.3 Å².